The molecule has 1 atom stereocenters. The van der Waals surface area contributed by atoms with E-state index in [0.29, 0.717) is 12.3 Å². The lowest BCUT2D eigenvalue weighted by Gasteiger charge is -2.29. The number of morpholine rings is 1. The molecule has 3 aromatic rings. The molecule has 3 aromatic heterocycles. The Balaban J connectivity index is 1.68. The zero-order chi connectivity index (χ0) is 16.5. The summed E-state index contributed by atoms with van der Waals surface area (Å²) in [7, 11) is 2.08. The predicted octanol–water partition coefficient (Wildman–Crippen LogP) is 1.69. The van der Waals surface area contributed by atoms with Crippen LogP contribution in [0.1, 0.15) is 5.69 Å². The molecule has 0 spiro atoms. The molecule has 1 N–H and O–H groups in total. The van der Waals surface area contributed by atoms with Crippen molar-refractivity contribution in [2.45, 2.75) is 6.10 Å². The van der Waals surface area contributed by atoms with Gasteiger partial charge in [0.25, 0.3) is 0 Å². The first-order valence-electron chi connectivity index (χ1n) is 7.84. The first kappa shape index (κ1) is 14.9. The van der Waals surface area contributed by atoms with Gasteiger partial charge in [-0.05, 0) is 19.2 Å². The van der Waals surface area contributed by atoms with E-state index in [-0.39, 0.29) is 6.10 Å². The zero-order valence-electron chi connectivity index (χ0n) is 13.3. The molecule has 1 fully saturated rings. The third-order valence-corrected chi connectivity index (χ3v) is 4.22. The average molecular weight is 323 g/mol. The summed E-state index contributed by atoms with van der Waals surface area (Å²) in [6.45, 7) is 3.00. The molecular weight excluding hydrogens is 306 g/mol. The van der Waals surface area contributed by atoms with Crippen LogP contribution in [0.4, 0.5) is 0 Å². The largest absolute Gasteiger partial charge is 0.490 e. The van der Waals surface area contributed by atoms with Gasteiger partial charge in [-0.15, -0.1) is 0 Å². The number of nitriles is 1. The Morgan fingerprint density at radius 3 is 3.25 bits per heavy atom. The Labute approximate surface area is 138 Å². The molecule has 4 heterocycles. The van der Waals surface area contributed by atoms with E-state index in [1.54, 1.807) is 18.5 Å². The van der Waals surface area contributed by atoms with Gasteiger partial charge in [0.15, 0.2) is 0 Å². The third kappa shape index (κ3) is 2.66. The van der Waals surface area contributed by atoms with Crippen LogP contribution in [-0.2, 0) is 4.74 Å². The van der Waals surface area contributed by atoms with Crippen LogP contribution in [0, 0.1) is 11.3 Å². The second-order valence-electron chi connectivity index (χ2n) is 5.95. The maximum atomic E-state index is 9.08. The lowest BCUT2D eigenvalue weighted by Crippen LogP contribution is -2.42. The van der Waals surface area contributed by atoms with Gasteiger partial charge in [-0.1, -0.05) is 0 Å². The Morgan fingerprint density at radius 1 is 1.50 bits per heavy atom. The van der Waals surface area contributed by atoms with E-state index >= 15 is 0 Å². The van der Waals surface area contributed by atoms with Crippen LogP contribution in [0.2, 0.25) is 0 Å². The SMILES string of the molecule is CN1CCO[C@@H](COc2ccnc3[nH]c4cnc(C#N)cc4c23)C1. The minimum atomic E-state index is 0.0495. The van der Waals surface area contributed by atoms with Crippen molar-refractivity contribution >= 4 is 21.9 Å². The zero-order valence-corrected chi connectivity index (χ0v) is 13.3. The van der Waals surface area contributed by atoms with Crippen molar-refractivity contribution < 1.29 is 9.47 Å². The van der Waals surface area contributed by atoms with E-state index in [2.05, 4.69) is 33.0 Å². The molecule has 0 radical (unpaired) electrons. The Morgan fingerprint density at radius 2 is 2.42 bits per heavy atom. The van der Waals surface area contributed by atoms with E-state index in [4.69, 9.17) is 14.7 Å². The summed E-state index contributed by atoms with van der Waals surface area (Å²) in [5, 5.41) is 10.8. The maximum absolute atomic E-state index is 9.08. The highest BCUT2D eigenvalue weighted by Gasteiger charge is 2.19. The molecule has 7 nitrogen and oxygen atoms in total. The summed E-state index contributed by atoms with van der Waals surface area (Å²) in [5.41, 5.74) is 1.93. The van der Waals surface area contributed by atoms with Crippen molar-refractivity contribution in [3.05, 3.63) is 30.2 Å². The summed E-state index contributed by atoms with van der Waals surface area (Å²) >= 11 is 0. The summed E-state index contributed by atoms with van der Waals surface area (Å²) in [6, 6.07) is 5.67. The number of ether oxygens (including phenoxy) is 2. The van der Waals surface area contributed by atoms with Crippen LogP contribution in [0.5, 0.6) is 5.75 Å². The van der Waals surface area contributed by atoms with Gasteiger partial charge in [-0.2, -0.15) is 5.26 Å². The van der Waals surface area contributed by atoms with E-state index < -0.39 is 0 Å². The van der Waals surface area contributed by atoms with E-state index in [1.165, 1.54) is 0 Å². The second kappa shape index (κ2) is 6.07. The Bertz CT molecular complexity index is 930. The minimum Gasteiger partial charge on any atom is -0.490 e. The number of hydrogen-bond acceptors (Lipinski definition) is 6. The van der Waals surface area contributed by atoms with Crippen molar-refractivity contribution in [1.29, 1.82) is 5.26 Å². The van der Waals surface area contributed by atoms with E-state index in [1.807, 2.05) is 6.07 Å². The van der Waals surface area contributed by atoms with Gasteiger partial charge in [-0.25, -0.2) is 9.97 Å². The van der Waals surface area contributed by atoms with E-state index in [9.17, 15) is 0 Å². The fraction of sp³-hybridized carbons (Fsp3) is 0.353. The number of aromatic amines is 1. The number of aromatic nitrogens is 3. The molecule has 4 rings (SSSR count). The number of rotatable bonds is 3. The van der Waals surface area contributed by atoms with Crippen molar-refractivity contribution in [2.24, 2.45) is 0 Å². The van der Waals surface area contributed by atoms with Gasteiger partial charge in [0.2, 0.25) is 0 Å². The molecule has 1 aliphatic rings. The predicted molar refractivity (Wildman–Crippen MR) is 88.8 cm³/mol. The van der Waals surface area contributed by atoms with Gasteiger partial charge in [-0.3, -0.25) is 0 Å². The molecule has 0 aromatic carbocycles. The van der Waals surface area contributed by atoms with Crippen molar-refractivity contribution in [1.82, 2.24) is 19.9 Å². The summed E-state index contributed by atoms with van der Waals surface area (Å²) in [4.78, 5) is 13.9. The van der Waals surface area contributed by atoms with Crippen LogP contribution in [0.3, 0.4) is 0 Å². The Kier molecular flexibility index (Phi) is 3.76. The van der Waals surface area contributed by atoms with Crippen LogP contribution in [0.25, 0.3) is 21.9 Å². The third-order valence-electron chi connectivity index (χ3n) is 4.22. The highest BCUT2D eigenvalue weighted by Crippen LogP contribution is 2.32. The molecule has 7 heteroatoms. The minimum absolute atomic E-state index is 0.0495. The second-order valence-corrected chi connectivity index (χ2v) is 5.95. The Hall–Kier alpha value is -2.69. The number of likely N-dealkylation sites (N-methyl/N-ethyl adjacent to an activating group) is 1. The number of fused-ring (bicyclic) bond motifs is 3. The molecule has 24 heavy (non-hydrogen) atoms. The number of nitrogens with one attached hydrogen (secondary N) is 1. The van der Waals surface area contributed by atoms with Gasteiger partial charge < -0.3 is 19.4 Å². The molecule has 0 unspecified atom stereocenters. The van der Waals surface area contributed by atoms with Crippen molar-refractivity contribution in [2.75, 3.05) is 33.4 Å². The lowest BCUT2D eigenvalue weighted by molar-refractivity contribution is -0.0401. The quantitative estimate of drug-likeness (QED) is 0.789. The molecule has 0 bridgehead atoms. The number of pyridine rings is 2. The standard InChI is InChI=1S/C17H17N5O2/c1-22-4-5-23-12(9-22)10-24-15-2-3-19-17-16(15)13-6-11(7-18)20-8-14(13)21-17/h2-3,6,8,12H,4-5,9-10H2,1H3,(H,19,21)/t12-/m1/s1. The highest BCUT2D eigenvalue weighted by atomic mass is 16.5. The fourth-order valence-corrected chi connectivity index (χ4v) is 3.02. The maximum Gasteiger partial charge on any atom is 0.142 e. The first-order valence-corrected chi connectivity index (χ1v) is 7.84. The van der Waals surface area contributed by atoms with Crippen molar-refractivity contribution in [3.63, 3.8) is 0 Å². The molecule has 0 amide bonds. The first-order chi connectivity index (χ1) is 11.7. The van der Waals surface area contributed by atoms with Gasteiger partial charge in [0.1, 0.15) is 35.9 Å². The van der Waals surface area contributed by atoms with Crippen LogP contribution in [-0.4, -0.2) is 59.3 Å². The van der Waals surface area contributed by atoms with Gasteiger partial charge in [0.05, 0.1) is 23.7 Å². The number of H-pyrrole nitrogens is 1. The summed E-state index contributed by atoms with van der Waals surface area (Å²) < 4.78 is 11.8. The molecule has 1 aliphatic heterocycles. The molecular formula is C17H17N5O2. The van der Waals surface area contributed by atoms with Crippen molar-refractivity contribution in [3.8, 4) is 11.8 Å². The fourth-order valence-electron chi connectivity index (χ4n) is 3.02. The van der Waals surface area contributed by atoms with Crippen LogP contribution >= 0.6 is 0 Å². The normalized spacial score (nSPS) is 18.8. The van der Waals surface area contributed by atoms with Gasteiger partial charge in [0, 0.05) is 24.7 Å². The molecule has 0 saturated carbocycles. The smallest absolute Gasteiger partial charge is 0.142 e. The van der Waals surface area contributed by atoms with Crippen LogP contribution < -0.4 is 4.74 Å². The number of hydrogen-bond donors (Lipinski definition) is 1. The van der Waals surface area contributed by atoms with Crippen LogP contribution in [0.15, 0.2) is 24.5 Å². The van der Waals surface area contributed by atoms with E-state index in [0.717, 1.165) is 47.4 Å². The number of nitrogens with zero attached hydrogens (tertiary/aromatic N) is 4. The van der Waals surface area contributed by atoms with Gasteiger partial charge >= 0.3 is 0 Å². The monoisotopic (exact) mass is 323 g/mol. The molecule has 0 aliphatic carbocycles. The highest BCUT2D eigenvalue weighted by molar-refractivity contribution is 6.09. The average Bonchev–Trinajstić information content (AvgIpc) is 2.98. The summed E-state index contributed by atoms with van der Waals surface area (Å²) in [5.74, 6) is 0.734. The summed E-state index contributed by atoms with van der Waals surface area (Å²) in [6.07, 6.45) is 3.41. The lowest BCUT2D eigenvalue weighted by atomic mass is 10.2. The molecule has 122 valence electrons. The molecule has 1 saturated heterocycles. The topological polar surface area (TPSA) is 87.1 Å².